The molecule has 2 rings (SSSR count). The van der Waals surface area contributed by atoms with E-state index in [9.17, 15) is 14.4 Å². The zero-order chi connectivity index (χ0) is 16.1. The highest BCUT2D eigenvalue weighted by Gasteiger charge is 2.25. The number of anilines is 1. The molecule has 0 aromatic heterocycles. The van der Waals surface area contributed by atoms with Crippen molar-refractivity contribution >= 4 is 23.4 Å². The van der Waals surface area contributed by atoms with Gasteiger partial charge in [-0.2, -0.15) is 0 Å². The molecule has 0 atom stereocenters. The van der Waals surface area contributed by atoms with E-state index in [4.69, 9.17) is 0 Å². The first-order valence-corrected chi connectivity index (χ1v) is 7.41. The predicted octanol–water partition coefficient (Wildman–Crippen LogP) is 0.884. The summed E-state index contributed by atoms with van der Waals surface area (Å²) in [6, 6.07) is 5.50. The Labute approximate surface area is 129 Å². The van der Waals surface area contributed by atoms with Crippen LogP contribution in [0.3, 0.4) is 0 Å². The van der Waals surface area contributed by atoms with Crippen LogP contribution in [-0.4, -0.2) is 30.8 Å². The van der Waals surface area contributed by atoms with Gasteiger partial charge in [0.05, 0.1) is 0 Å². The lowest BCUT2D eigenvalue weighted by Gasteiger charge is -2.21. The molecule has 1 fully saturated rings. The fourth-order valence-corrected chi connectivity index (χ4v) is 2.49. The minimum absolute atomic E-state index is 0.209. The molecular weight excluding hydrogens is 282 g/mol. The molecule has 6 heteroatoms. The number of carbonyl (C=O) groups is 3. The SMILES string of the molecule is Cc1ccc(NC(=O)C(=O)NC(=O)C2CCNCC2)c(C)c1. The van der Waals surface area contributed by atoms with Crippen LogP contribution >= 0.6 is 0 Å². The number of rotatable bonds is 2. The van der Waals surface area contributed by atoms with Crippen molar-refractivity contribution in [1.29, 1.82) is 0 Å². The molecule has 0 bridgehead atoms. The number of imide groups is 1. The number of amides is 3. The van der Waals surface area contributed by atoms with Crippen LogP contribution in [0.1, 0.15) is 24.0 Å². The minimum Gasteiger partial charge on any atom is -0.318 e. The average molecular weight is 303 g/mol. The summed E-state index contributed by atoms with van der Waals surface area (Å²) >= 11 is 0. The number of aryl methyl sites for hydroxylation is 2. The second kappa shape index (κ2) is 7.17. The van der Waals surface area contributed by atoms with E-state index in [1.807, 2.05) is 26.0 Å². The Morgan fingerprint density at radius 1 is 1.09 bits per heavy atom. The smallest absolute Gasteiger partial charge is 0.316 e. The molecule has 1 aromatic rings. The van der Waals surface area contributed by atoms with Crippen LogP contribution in [0.25, 0.3) is 0 Å². The van der Waals surface area contributed by atoms with E-state index < -0.39 is 11.8 Å². The van der Waals surface area contributed by atoms with E-state index in [0.717, 1.165) is 24.2 Å². The van der Waals surface area contributed by atoms with Crippen LogP contribution in [0.4, 0.5) is 5.69 Å². The van der Waals surface area contributed by atoms with Crippen molar-refractivity contribution in [3.05, 3.63) is 29.3 Å². The quantitative estimate of drug-likeness (QED) is 0.708. The van der Waals surface area contributed by atoms with E-state index in [1.54, 1.807) is 6.07 Å². The van der Waals surface area contributed by atoms with Gasteiger partial charge in [-0.3, -0.25) is 19.7 Å². The third-order valence-corrected chi connectivity index (χ3v) is 3.78. The predicted molar refractivity (Wildman–Crippen MR) is 83.3 cm³/mol. The molecule has 22 heavy (non-hydrogen) atoms. The van der Waals surface area contributed by atoms with E-state index in [2.05, 4.69) is 16.0 Å². The van der Waals surface area contributed by atoms with Gasteiger partial charge in [0, 0.05) is 11.6 Å². The molecule has 1 heterocycles. The minimum atomic E-state index is -0.913. The van der Waals surface area contributed by atoms with Gasteiger partial charge in [-0.25, -0.2) is 0 Å². The fourth-order valence-electron chi connectivity index (χ4n) is 2.49. The summed E-state index contributed by atoms with van der Waals surface area (Å²) < 4.78 is 0. The molecule has 3 amide bonds. The summed E-state index contributed by atoms with van der Waals surface area (Å²) in [5, 5.41) is 7.86. The fraction of sp³-hybridized carbons (Fsp3) is 0.438. The van der Waals surface area contributed by atoms with Crippen LogP contribution in [0.5, 0.6) is 0 Å². The molecule has 118 valence electrons. The Hall–Kier alpha value is -2.21. The zero-order valence-corrected chi connectivity index (χ0v) is 12.9. The van der Waals surface area contributed by atoms with Crippen LogP contribution in [0.15, 0.2) is 18.2 Å². The van der Waals surface area contributed by atoms with Crippen molar-refractivity contribution in [3.63, 3.8) is 0 Å². The maximum absolute atomic E-state index is 11.9. The van der Waals surface area contributed by atoms with Gasteiger partial charge in [0.2, 0.25) is 5.91 Å². The van der Waals surface area contributed by atoms with E-state index in [1.165, 1.54) is 0 Å². The second-order valence-corrected chi connectivity index (χ2v) is 5.62. The molecule has 6 nitrogen and oxygen atoms in total. The van der Waals surface area contributed by atoms with E-state index in [-0.39, 0.29) is 11.8 Å². The first kappa shape index (κ1) is 16.2. The first-order valence-electron chi connectivity index (χ1n) is 7.41. The Morgan fingerprint density at radius 2 is 1.77 bits per heavy atom. The summed E-state index contributed by atoms with van der Waals surface area (Å²) in [6.07, 6.45) is 1.36. The Morgan fingerprint density at radius 3 is 2.41 bits per heavy atom. The number of benzene rings is 1. The molecule has 0 radical (unpaired) electrons. The molecule has 0 saturated carbocycles. The molecule has 0 aliphatic carbocycles. The summed E-state index contributed by atoms with van der Waals surface area (Å²) in [7, 11) is 0. The normalized spacial score (nSPS) is 15.2. The van der Waals surface area contributed by atoms with Gasteiger partial charge in [-0.1, -0.05) is 17.7 Å². The van der Waals surface area contributed by atoms with Gasteiger partial charge in [0.15, 0.2) is 0 Å². The molecule has 1 aromatic carbocycles. The molecule has 1 saturated heterocycles. The van der Waals surface area contributed by atoms with Gasteiger partial charge in [0.1, 0.15) is 0 Å². The number of piperidine rings is 1. The summed E-state index contributed by atoms with van der Waals surface area (Å²) in [4.78, 5) is 35.6. The number of carbonyl (C=O) groups excluding carboxylic acids is 3. The first-order chi connectivity index (χ1) is 10.5. The lowest BCUT2D eigenvalue weighted by Crippen LogP contribution is -2.44. The summed E-state index contributed by atoms with van der Waals surface area (Å²) in [6.45, 7) is 5.30. The Balaban J connectivity index is 1.91. The van der Waals surface area contributed by atoms with Crippen LogP contribution < -0.4 is 16.0 Å². The topological polar surface area (TPSA) is 87.3 Å². The van der Waals surface area contributed by atoms with Gasteiger partial charge >= 0.3 is 11.8 Å². The van der Waals surface area contributed by atoms with Crippen molar-refractivity contribution < 1.29 is 14.4 Å². The van der Waals surface area contributed by atoms with Crippen LogP contribution in [0, 0.1) is 19.8 Å². The van der Waals surface area contributed by atoms with Crippen molar-refractivity contribution in [3.8, 4) is 0 Å². The lowest BCUT2D eigenvalue weighted by molar-refractivity contribution is -0.141. The molecule has 0 unspecified atom stereocenters. The largest absolute Gasteiger partial charge is 0.318 e. The third-order valence-electron chi connectivity index (χ3n) is 3.78. The van der Waals surface area contributed by atoms with Gasteiger partial charge in [0.25, 0.3) is 0 Å². The highest BCUT2D eigenvalue weighted by Crippen LogP contribution is 2.16. The standard InChI is InChI=1S/C16H21N3O3/c1-10-3-4-13(11(2)9-10)18-15(21)16(22)19-14(20)12-5-7-17-8-6-12/h3-4,9,12,17H,5-8H2,1-2H3,(H,18,21)(H,19,20,22). The van der Waals surface area contributed by atoms with Crippen molar-refractivity contribution in [1.82, 2.24) is 10.6 Å². The highest BCUT2D eigenvalue weighted by atomic mass is 16.2. The van der Waals surface area contributed by atoms with Gasteiger partial charge in [-0.05, 0) is 51.4 Å². The van der Waals surface area contributed by atoms with Gasteiger partial charge in [-0.15, -0.1) is 0 Å². The second-order valence-electron chi connectivity index (χ2n) is 5.62. The summed E-state index contributed by atoms with van der Waals surface area (Å²) in [5.74, 6) is -2.32. The molecule has 3 N–H and O–H groups in total. The Kier molecular flexibility index (Phi) is 5.27. The number of nitrogens with one attached hydrogen (secondary N) is 3. The molecule has 1 aliphatic heterocycles. The van der Waals surface area contributed by atoms with Crippen LogP contribution in [-0.2, 0) is 14.4 Å². The van der Waals surface area contributed by atoms with Crippen molar-refractivity contribution in [2.24, 2.45) is 5.92 Å². The maximum atomic E-state index is 11.9. The zero-order valence-electron chi connectivity index (χ0n) is 12.9. The highest BCUT2D eigenvalue weighted by molar-refractivity contribution is 6.42. The lowest BCUT2D eigenvalue weighted by atomic mass is 9.97. The summed E-state index contributed by atoms with van der Waals surface area (Å²) in [5.41, 5.74) is 2.51. The monoisotopic (exact) mass is 303 g/mol. The third kappa shape index (κ3) is 4.14. The Bertz CT molecular complexity index is 592. The molecule has 1 aliphatic rings. The molecule has 0 spiro atoms. The van der Waals surface area contributed by atoms with Crippen molar-refractivity contribution in [2.45, 2.75) is 26.7 Å². The van der Waals surface area contributed by atoms with E-state index in [0.29, 0.717) is 18.5 Å². The average Bonchev–Trinajstić information content (AvgIpc) is 2.50. The number of hydrogen-bond acceptors (Lipinski definition) is 4. The number of hydrogen-bond donors (Lipinski definition) is 3. The van der Waals surface area contributed by atoms with E-state index >= 15 is 0 Å². The maximum Gasteiger partial charge on any atom is 0.316 e. The van der Waals surface area contributed by atoms with Crippen LogP contribution in [0.2, 0.25) is 0 Å². The van der Waals surface area contributed by atoms with Gasteiger partial charge < -0.3 is 10.6 Å². The molecular formula is C16H21N3O3. The van der Waals surface area contributed by atoms with Crippen molar-refractivity contribution in [2.75, 3.05) is 18.4 Å².